The van der Waals surface area contributed by atoms with Crippen LogP contribution in [0.15, 0.2) is 12.1 Å². The summed E-state index contributed by atoms with van der Waals surface area (Å²) in [7, 11) is 1.32. The van der Waals surface area contributed by atoms with E-state index in [1.807, 2.05) is 0 Å². The van der Waals surface area contributed by atoms with E-state index >= 15 is 0 Å². The highest BCUT2D eigenvalue weighted by Gasteiger charge is 2.19. The van der Waals surface area contributed by atoms with Crippen molar-refractivity contribution in [3.63, 3.8) is 0 Å². The second-order valence-corrected chi connectivity index (χ2v) is 4.91. The normalized spacial score (nSPS) is 12.8. The molecular formula is C14H21F2NO. The molecule has 0 saturated heterocycles. The molecule has 0 bridgehead atoms. The third-order valence-electron chi connectivity index (χ3n) is 2.98. The molecule has 1 unspecified atom stereocenters. The molecule has 2 nitrogen and oxygen atoms in total. The van der Waals surface area contributed by atoms with Crippen LogP contribution in [-0.2, 0) is 0 Å². The van der Waals surface area contributed by atoms with Crippen molar-refractivity contribution in [2.75, 3.05) is 13.7 Å². The molecule has 0 aliphatic heterocycles. The van der Waals surface area contributed by atoms with Gasteiger partial charge in [0.2, 0.25) is 0 Å². The smallest absolute Gasteiger partial charge is 0.165 e. The van der Waals surface area contributed by atoms with E-state index in [4.69, 9.17) is 10.5 Å². The van der Waals surface area contributed by atoms with Crippen LogP contribution in [-0.4, -0.2) is 13.7 Å². The van der Waals surface area contributed by atoms with E-state index in [2.05, 4.69) is 13.8 Å². The number of ether oxygens (including phenoxy) is 1. The fraction of sp³-hybridized carbons (Fsp3) is 0.571. The van der Waals surface area contributed by atoms with E-state index < -0.39 is 11.6 Å². The molecule has 2 N–H and O–H groups in total. The number of methoxy groups -OCH3 is 1. The molecule has 1 aromatic carbocycles. The Morgan fingerprint density at radius 2 is 1.89 bits per heavy atom. The summed E-state index contributed by atoms with van der Waals surface area (Å²) in [5.41, 5.74) is 5.94. The summed E-state index contributed by atoms with van der Waals surface area (Å²) in [5, 5.41) is 0. The van der Waals surface area contributed by atoms with Gasteiger partial charge in [0, 0.05) is 6.07 Å². The molecule has 0 heterocycles. The van der Waals surface area contributed by atoms with Crippen molar-refractivity contribution in [1.82, 2.24) is 0 Å². The molecule has 0 aromatic heterocycles. The van der Waals surface area contributed by atoms with Crippen LogP contribution in [0.1, 0.15) is 38.2 Å². The van der Waals surface area contributed by atoms with Crippen LogP contribution >= 0.6 is 0 Å². The van der Waals surface area contributed by atoms with Crippen molar-refractivity contribution in [1.29, 1.82) is 0 Å². The summed E-state index contributed by atoms with van der Waals surface area (Å²) >= 11 is 0. The van der Waals surface area contributed by atoms with E-state index in [0.29, 0.717) is 24.4 Å². The first-order chi connectivity index (χ1) is 8.49. The van der Waals surface area contributed by atoms with Gasteiger partial charge in [0.05, 0.1) is 7.11 Å². The molecule has 1 atom stereocenters. The Morgan fingerprint density at radius 1 is 1.22 bits per heavy atom. The minimum absolute atomic E-state index is 0.0459. The molecule has 1 aromatic rings. The van der Waals surface area contributed by atoms with Crippen LogP contribution in [0.4, 0.5) is 8.78 Å². The zero-order valence-corrected chi connectivity index (χ0v) is 11.2. The maximum Gasteiger partial charge on any atom is 0.165 e. The Morgan fingerprint density at radius 3 is 2.39 bits per heavy atom. The maximum absolute atomic E-state index is 14.0. The second-order valence-electron chi connectivity index (χ2n) is 4.91. The van der Waals surface area contributed by atoms with Crippen LogP contribution in [0.25, 0.3) is 0 Å². The zero-order chi connectivity index (χ0) is 13.7. The van der Waals surface area contributed by atoms with Crippen LogP contribution in [0.5, 0.6) is 5.75 Å². The summed E-state index contributed by atoms with van der Waals surface area (Å²) < 4.78 is 32.4. The van der Waals surface area contributed by atoms with Crippen molar-refractivity contribution in [2.24, 2.45) is 11.7 Å². The molecule has 1 rings (SSSR count). The van der Waals surface area contributed by atoms with E-state index in [-0.39, 0.29) is 11.7 Å². The van der Waals surface area contributed by atoms with Gasteiger partial charge in [-0.25, -0.2) is 8.78 Å². The van der Waals surface area contributed by atoms with E-state index in [0.717, 1.165) is 12.5 Å². The monoisotopic (exact) mass is 257 g/mol. The lowest BCUT2D eigenvalue weighted by atomic mass is 9.87. The lowest BCUT2D eigenvalue weighted by Crippen LogP contribution is -2.12. The fourth-order valence-corrected chi connectivity index (χ4v) is 2.18. The van der Waals surface area contributed by atoms with Gasteiger partial charge in [-0.3, -0.25) is 0 Å². The lowest BCUT2D eigenvalue weighted by molar-refractivity contribution is 0.379. The van der Waals surface area contributed by atoms with Gasteiger partial charge < -0.3 is 10.5 Å². The quantitative estimate of drug-likeness (QED) is 0.847. The summed E-state index contributed by atoms with van der Waals surface area (Å²) in [4.78, 5) is 0. The summed E-state index contributed by atoms with van der Waals surface area (Å²) in [5.74, 6) is -0.652. The number of benzene rings is 1. The first-order valence-electron chi connectivity index (χ1n) is 6.22. The Kier molecular flexibility index (Phi) is 5.54. The summed E-state index contributed by atoms with van der Waals surface area (Å²) in [6, 6.07) is 2.34. The van der Waals surface area contributed by atoms with E-state index in [1.165, 1.54) is 13.2 Å². The lowest BCUT2D eigenvalue weighted by Gasteiger charge is -2.20. The number of rotatable bonds is 6. The van der Waals surface area contributed by atoms with Gasteiger partial charge in [-0.05, 0) is 42.9 Å². The Hall–Kier alpha value is -1.16. The highest BCUT2D eigenvalue weighted by molar-refractivity contribution is 5.33. The van der Waals surface area contributed by atoms with Crippen molar-refractivity contribution in [3.8, 4) is 5.75 Å². The highest BCUT2D eigenvalue weighted by atomic mass is 19.1. The number of nitrogens with two attached hydrogens (primary N) is 1. The van der Waals surface area contributed by atoms with Gasteiger partial charge in [-0.1, -0.05) is 13.8 Å². The first kappa shape index (κ1) is 14.9. The van der Waals surface area contributed by atoms with Crippen LogP contribution in [0.3, 0.4) is 0 Å². The van der Waals surface area contributed by atoms with Crippen molar-refractivity contribution < 1.29 is 13.5 Å². The largest absolute Gasteiger partial charge is 0.494 e. The Bertz CT molecular complexity index is 394. The third kappa shape index (κ3) is 3.67. The number of hydrogen-bond donors (Lipinski definition) is 1. The second kappa shape index (κ2) is 6.69. The summed E-state index contributed by atoms with van der Waals surface area (Å²) in [6.45, 7) is 4.58. The van der Waals surface area contributed by atoms with Crippen LogP contribution in [0.2, 0.25) is 0 Å². The Labute approximate surface area is 107 Å². The van der Waals surface area contributed by atoms with Gasteiger partial charge in [-0.15, -0.1) is 0 Å². The third-order valence-corrected chi connectivity index (χ3v) is 2.98. The predicted molar refractivity (Wildman–Crippen MR) is 68.8 cm³/mol. The van der Waals surface area contributed by atoms with E-state index in [9.17, 15) is 8.78 Å². The molecule has 0 amide bonds. The first-order valence-corrected chi connectivity index (χ1v) is 6.22. The maximum atomic E-state index is 14.0. The molecule has 0 aliphatic rings. The van der Waals surface area contributed by atoms with Gasteiger partial charge in [0.1, 0.15) is 5.82 Å². The molecule has 0 aliphatic carbocycles. The van der Waals surface area contributed by atoms with Gasteiger partial charge >= 0.3 is 0 Å². The molecular weight excluding hydrogens is 236 g/mol. The van der Waals surface area contributed by atoms with Crippen LogP contribution in [0, 0.1) is 17.6 Å². The van der Waals surface area contributed by atoms with Crippen molar-refractivity contribution >= 4 is 0 Å². The molecule has 0 saturated carbocycles. The van der Waals surface area contributed by atoms with Crippen LogP contribution < -0.4 is 10.5 Å². The average Bonchev–Trinajstić information content (AvgIpc) is 2.30. The Balaban J connectivity index is 3.07. The molecule has 0 fully saturated rings. The van der Waals surface area contributed by atoms with E-state index in [1.54, 1.807) is 0 Å². The van der Waals surface area contributed by atoms with Crippen molar-refractivity contribution in [3.05, 3.63) is 29.3 Å². The van der Waals surface area contributed by atoms with Gasteiger partial charge in [0.15, 0.2) is 11.6 Å². The van der Waals surface area contributed by atoms with Gasteiger partial charge in [-0.2, -0.15) is 0 Å². The highest BCUT2D eigenvalue weighted by Crippen LogP contribution is 2.32. The van der Waals surface area contributed by atoms with Gasteiger partial charge in [0.25, 0.3) is 0 Å². The molecule has 4 heteroatoms. The minimum Gasteiger partial charge on any atom is -0.494 e. The van der Waals surface area contributed by atoms with Crippen molar-refractivity contribution in [2.45, 2.75) is 32.6 Å². The average molecular weight is 257 g/mol. The standard InChI is InChI=1S/C14H21F2NO/c1-9(2)6-10(4-5-17)11-7-13(16)14(18-3)8-12(11)15/h7-10H,4-6,17H2,1-3H3. The molecule has 0 radical (unpaired) electrons. The SMILES string of the molecule is COc1cc(F)c(C(CCN)CC(C)C)cc1F. The molecule has 102 valence electrons. The topological polar surface area (TPSA) is 35.2 Å². The number of hydrogen-bond acceptors (Lipinski definition) is 2. The molecule has 0 spiro atoms. The zero-order valence-electron chi connectivity index (χ0n) is 11.2. The number of halogens is 2. The minimum atomic E-state index is -0.528. The fourth-order valence-electron chi connectivity index (χ4n) is 2.18. The summed E-state index contributed by atoms with van der Waals surface area (Å²) in [6.07, 6.45) is 1.45. The molecule has 18 heavy (non-hydrogen) atoms. The predicted octanol–water partition coefficient (Wildman–Crippen LogP) is 3.45.